The number of carboxylic acid groups (broad SMARTS) is 1. The molecule has 0 spiro atoms. The van der Waals surface area contributed by atoms with Gasteiger partial charge < -0.3 is 10.4 Å². The molecule has 1 aliphatic heterocycles. The number of carbonyl (C=O) groups is 1. The van der Waals surface area contributed by atoms with E-state index in [0.29, 0.717) is 16.1 Å². The van der Waals surface area contributed by atoms with Gasteiger partial charge in [0.05, 0.1) is 27.6 Å². The third kappa shape index (κ3) is 6.87. The number of piperazine rings is 1. The summed E-state index contributed by atoms with van der Waals surface area (Å²) in [6.45, 7) is 3.55. The molecule has 2 N–H and O–H groups in total. The van der Waals surface area contributed by atoms with Gasteiger partial charge >= 0.3 is 12.1 Å². The standard InChI is InChI=1S/C18H18Cl2N6.C2HF3O2/c19-16-2-1-15(9-17(16)20)26-12-14(23-24-26)11-25-8-7-22-10-18(25)13-3-5-21-6-4-13;3-2(4,5)1(6)7/h1-6,9,12,18,22H,7-8,10-11H2;(H,6,7). The SMILES string of the molecule is Clc1ccc(-n2cc(CN3CCNCC3c3ccncc3)nn2)cc1Cl.O=C(O)C(F)(F)F. The maximum atomic E-state index is 10.6. The summed E-state index contributed by atoms with van der Waals surface area (Å²) >= 11 is 12.1. The Bertz CT molecular complexity index is 1080. The van der Waals surface area contributed by atoms with Gasteiger partial charge in [0, 0.05) is 44.6 Å². The van der Waals surface area contributed by atoms with E-state index >= 15 is 0 Å². The molecule has 0 radical (unpaired) electrons. The van der Waals surface area contributed by atoms with Crippen molar-refractivity contribution < 1.29 is 23.1 Å². The number of nitrogens with zero attached hydrogens (tertiary/aromatic N) is 5. The van der Waals surface area contributed by atoms with Crippen LogP contribution in [0.3, 0.4) is 0 Å². The fourth-order valence-corrected chi connectivity index (χ4v) is 3.47. The second kappa shape index (κ2) is 10.9. The van der Waals surface area contributed by atoms with Crippen LogP contribution < -0.4 is 5.32 Å². The van der Waals surface area contributed by atoms with Gasteiger partial charge in [0.25, 0.3) is 0 Å². The average molecular weight is 503 g/mol. The quantitative estimate of drug-likeness (QED) is 0.560. The Morgan fingerprint density at radius 1 is 1.18 bits per heavy atom. The van der Waals surface area contributed by atoms with Crippen LogP contribution in [0.4, 0.5) is 13.2 Å². The van der Waals surface area contributed by atoms with Crippen molar-refractivity contribution in [2.75, 3.05) is 19.6 Å². The fraction of sp³-hybridized carbons (Fsp3) is 0.300. The summed E-state index contributed by atoms with van der Waals surface area (Å²) in [5, 5.41) is 20.2. The summed E-state index contributed by atoms with van der Waals surface area (Å²) in [6, 6.07) is 9.84. The molecule has 1 saturated heterocycles. The summed E-state index contributed by atoms with van der Waals surface area (Å²) < 4.78 is 33.5. The van der Waals surface area contributed by atoms with Gasteiger partial charge in [-0.2, -0.15) is 13.2 Å². The molecule has 13 heteroatoms. The Morgan fingerprint density at radius 2 is 1.88 bits per heavy atom. The lowest BCUT2D eigenvalue weighted by molar-refractivity contribution is -0.192. The van der Waals surface area contributed by atoms with Gasteiger partial charge in [0.1, 0.15) is 0 Å². The van der Waals surface area contributed by atoms with Crippen LogP contribution >= 0.6 is 23.2 Å². The molecule has 2 aromatic heterocycles. The minimum atomic E-state index is -5.08. The lowest BCUT2D eigenvalue weighted by atomic mass is 10.0. The molecular weight excluding hydrogens is 484 g/mol. The summed E-state index contributed by atoms with van der Waals surface area (Å²) in [5.74, 6) is -2.76. The first-order valence-electron chi connectivity index (χ1n) is 9.66. The monoisotopic (exact) mass is 502 g/mol. The number of hydrogen-bond acceptors (Lipinski definition) is 6. The van der Waals surface area contributed by atoms with E-state index in [-0.39, 0.29) is 0 Å². The van der Waals surface area contributed by atoms with Crippen LogP contribution in [0.5, 0.6) is 0 Å². The van der Waals surface area contributed by atoms with Gasteiger partial charge in [-0.05, 0) is 35.9 Å². The molecule has 8 nitrogen and oxygen atoms in total. The first-order chi connectivity index (χ1) is 15.6. The lowest BCUT2D eigenvalue weighted by Crippen LogP contribution is -2.45. The predicted octanol–water partition coefficient (Wildman–Crippen LogP) is 3.75. The van der Waals surface area contributed by atoms with Crippen LogP contribution in [0.2, 0.25) is 10.0 Å². The predicted molar refractivity (Wildman–Crippen MR) is 115 cm³/mol. The van der Waals surface area contributed by atoms with Gasteiger partial charge in [-0.1, -0.05) is 28.4 Å². The molecule has 176 valence electrons. The number of benzene rings is 1. The highest BCUT2D eigenvalue weighted by molar-refractivity contribution is 6.42. The second-order valence-corrected chi connectivity index (χ2v) is 7.84. The normalized spacial score (nSPS) is 16.7. The van der Waals surface area contributed by atoms with Crippen LogP contribution in [-0.2, 0) is 11.3 Å². The van der Waals surface area contributed by atoms with Gasteiger partial charge in [0.15, 0.2) is 0 Å². The number of pyridine rings is 1. The van der Waals surface area contributed by atoms with E-state index in [1.807, 2.05) is 24.7 Å². The molecule has 1 aromatic carbocycles. The largest absolute Gasteiger partial charge is 0.490 e. The van der Waals surface area contributed by atoms with Crippen LogP contribution in [0, 0.1) is 0 Å². The third-order valence-electron chi connectivity index (χ3n) is 4.76. The minimum absolute atomic E-state index is 0.293. The first kappa shape index (κ1) is 24.9. The van der Waals surface area contributed by atoms with E-state index in [4.69, 9.17) is 33.1 Å². The molecule has 3 heterocycles. The smallest absolute Gasteiger partial charge is 0.475 e. The van der Waals surface area contributed by atoms with Gasteiger partial charge in [-0.25, -0.2) is 9.48 Å². The van der Waals surface area contributed by atoms with Gasteiger partial charge in [-0.15, -0.1) is 5.10 Å². The molecule has 1 fully saturated rings. The Labute approximate surface area is 196 Å². The number of rotatable bonds is 4. The summed E-state index contributed by atoms with van der Waals surface area (Å²) in [7, 11) is 0. The number of aliphatic carboxylic acids is 1. The Kier molecular flexibility index (Phi) is 8.25. The van der Waals surface area contributed by atoms with Crippen LogP contribution in [0.25, 0.3) is 5.69 Å². The fourth-order valence-electron chi connectivity index (χ4n) is 3.18. The Balaban J connectivity index is 0.000000383. The zero-order valence-corrected chi connectivity index (χ0v) is 18.5. The summed E-state index contributed by atoms with van der Waals surface area (Å²) in [5.41, 5.74) is 3.00. The topological polar surface area (TPSA) is 96.2 Å². The molecule has 0 aliphatic carbocycles. The number of halogens is 5. The van der Waals surface area contributed by atoms with Crippen molar-refractivity contribution in [3.8, 4) is 5.69 Å². The van der Waals surface area contributed by atoms with Gasteiger partial charge in [0.2, 0.25) is 0 Å². The minimum Gasteiger partial charge on any atom is -0.475 e. The Morgan fingerprint density at radius 3 is 2.52 bits per heavy atom. The number of alkyl halides is 3. The van der Waals surface area contributed by atoms with Crippen molar-refractivity contribution in [2.45, 2.75) is 18.8 Å². The maximum Gasteiger partial charge on any atom is 0.490 e. The molecule has 1 atom stereocenters. The molecule has 3 aromatic rings. The van der Waals surface area contributed by atoms with Crippen molar-refractivity contribution in [1.82, 2.24) is 30.2 Å². The zero-order chi connectivity index (χ0) is 24.0. The number of aromatic nitrogens is 4. The summed E-state index contributed by atoms with van der Waals surface area (Å²) in [6.07, 6.45) is 0.524. The molecule has 0 saturated carbocycles. The first-order valence-corrected chi connectivity index (χ1v) is 10.4. The van der Waals surface area contributed by atoms with E-state index in [1.54, 1.807) is 16.8 Å². The highest BCUT2D eigenvalue weighted by atomic mass is 35.5. The lowest BCUT2D eigenvalue weighted by Gasteiger charge is -2.35. The third-order valence-corrected chi connectivity index (χ3v) is 5.50. The highest BCUT2D eigenvalue weighted by Gasteiger charge is 2.38. The van der Waals surface area contributed by atoms with Crippen molar-refractivity contribution in [3.05, 3.63) is 70.2 Å². The van der Waals surface area contributed by atoms with Crippen molar-refractivity contribution in [2.24, 2.45) is 0 Å². The van der Waals surface area contributed by atoms with Crippen molar-refractivity contribution >= 4 is 29.2 Å². The van der Waals surface area contributed by atoms with Gasteiger partial charge in [-0.3, -0.25) is 9.88 Å². The molecular formula is C20H19Cl2F3N6O2. The van der Waals surface area contributed by atoms with E-state index in [1.165, 1.54) is 5.56 Å². The Hall–Kier alpha value is -2.73. The molecule has 4 rings (SSSR count). The van der Waals surface area contributed by atoms with E-state index in [2.05, 4.69) is 37.6 Å². The molecule has 33 heavy (non-hydrogen) atoms. The molecule has 0 amide bonds. The zero-order valence-electron chi connectivity index (χ0n) is 17.0. The second-order valence-electron chi connectivity index (χ2n) is 7.03. The molecule has 0 bridgehead atoms. The van der Waals surface area contributed by atoms with Crippen molar-refractivity contribution in [1.29, 1.82) is 0 Å². The van der Waals surface area contributed by atoms with E-state index in [9.17, 15) is 13.2 Å². The van der Waals surface area contributed by atoms with Crippen LogP contribution in [0.1, 0.15) is 17.3 Å². The molecule has 1 unspecified atom stereocenters. The highest BCUT2D eigenvalue weighted by Crippen LogP contribution is 2.25. The average Bonchev–Trinajstić information content (AvgIpc) is 3.25. The van der Waals surface area contributed by atoms with E-state index in [0.717, 1.165) is 37.6 Å². The summed E-state index contributed by atoms with van der Waals surface area (Å²) in [4.78, 5) is 15.4. The van der Waals surface area contributed by atoms with Crippen LogP contribution in [-0.4, -0.2) is 61.8 Å². The number of hydrogen-bond donors (Lipinski definition) is 2. The number of carboxylic acids is 1. The molecule has 1 aliphatic rings. The number of nitrogens with one attached hydrogen (secondary N) is 1. The maximum absolute atomic E-state index is 10.6. The van der Waals surface area contributed by atoms with E-state index < -0.39 is 12.1 Å². The van der Waals surface area contributed by atoms with Crippen molar-refractivity contribution in [3.63, 3.8) is 0 Å². The van der Waals surface area contributed by atoms with Crippen LogP contribution in [0.15, 0.2) is 48.9 Å².